The van der Waals surface area contributed by atoms with Crippen LogP contribution in [0.15, 0.2) is 158 Å². The number of rotatable bonds is 4. The Balaban J connectivity index is 1.29. The summed E-state index contributed by atoms with van der Waals surface area (Å²) in [7, 11) is 0. The number of fused-ring (bicyclic) bond motifs is 5. The molecule has 0 fully saturated rings. The molecule has 0 amide bonds. The molecule has 94 heavy (non-hydrogen) atoms. The zero-order chi connectivity index (χ0) is 67.2. The number of benzene rings is 15. The molecule has 0 nitrogen and oxygen atoms in total. The first-order valence-electron chi connectivity index (χ1n) is 35.1. The van der Waals surface area contributed by atoms with Crippen molar-refractivity contribution in [3.8, 4) is 44.5 Å². The first-order chi connectivity index (χ1) is 43.7. The van der Waals surface area contributed by atoms with E-state index in [4.69, 9.17) is 0 Å². The molecule has 0 aliphatic heterocycles. The van der Waals surface area contributed by atoms with Gasteiger partial charge in [-0.25, -0.2) is 0 Å². The Morgan fingerprint density at radius 3 is 0.606 bits per heavy atom. The molecule has 0 N–H and O–H groups in total. The van der Waals surface area contributed by atoms with Crippen molar-refractivity contribution in [2.24, 2.45) is 0 Å². The molecule has 0 aliphatic carbocycles. The normalized spacial score (nSPS) is 14.0. The summed E-state index contributed by atoms with van der Waals surface area (Å²) < 4.78 is 0. The number of hydrogen-bond acceptors (Lipinski definition) is 0. The van der Waals surface area contributed by atoms with Gasteiger partial charge in [-0.1, -0.05) is 324 Å². The lowest BCUT2D eigenvalue weighted by Gasteiger charge is -2.31. The van der Waals surface area contributed by atoms with Crippen LogP contribution in [0.4, 0.5) is 0 Å². The third kappa shape index (κ3) is 9.32. The molecule has 0 unspecified atom stereocenters. The zero-order valence-electron chi connectivity index (χ0n) is 61.0. The van der Waals surface area contributed by atoms with Gasteiger partial charge in [0.2, 0.25) is 0 Å². The summed E-state index contributed by atoms with van der Waals surface area (Å²) in [4.78, 5) is 0. The van der Waals surface area contributed by atoms with Crippen molar-refractivity contribution in [3.63, 3.8) is 0 Å². The Kier molecular flexibility index (Phi) is 13.1. The average Bonchev–Trinajstić information content (AvgIpc) is 0.653. The van der Waals surface area contributed by atoms with Gasteiger partial charge in [-0.2, -0.15) is 0 Å². The van der Waals surface area contributed by atoms with Crippen LogP contribution in [-0.2, 0) is 43.3 Å². The monoisotopic (exact) mass is 1230 g/mol. The second kappa shape index (κ2) is 19.8. The van der Waals surface area contributed by atoms with Gasteiger partial charge in [0.15, 0.2) is 0 Å². The highest BCUT2D eigenvalue weighted by atomic mass is 14.4. The summed E-state index contributed by atoms with van der Waals surface area (Å²) in [5.74, 6) is 0. The van der Waals surface area contributed by atoms with Crippen molar-refractivity contribution in [1.29, 1.82) is 0 Å². The Morgan fingerprint density at radius 1 is 0.149 bits per heavy atom. The molecule has 15 aromatic rings. The predicted octanol–water partition coefficient (Wildman–Crippen LogP) is 28.0. The molecule has 0 heterocycles. The van der Waals surface area contributed by atoms with Gasteiger partial charge >= 0.3 is 0 Å². The molecule has 0 spiro atoms. The first-order valence-corrected chi connectivity index (χ1v) is 35.1. The summed E-state index contributed by atoms with van der Waals surface area (Å²) in [6.07, 6.45) is 0. The van der Waals surface area contributed by atoms with Gasteiger partial charge in [0.05, 0.1) is 0 Å². The lowest BCUT2D eigenvalue weighted by Crippen LogP contribution is -2.17. The van der Waals surface area contributed by atoms with Gasteiger partial charge in [-0.3, -0.25) is 0 Å². The van der Waals surface area contributed by atoms with E-state index in [1.807, 2.05) is 0 Å². The van der Waals surface area contributed by atoms with E-state index >= 15 is 0 Å². The van der Waals surface area contributed by atoms with Gasteiger partial charge < -0.3 is 0 Å². The summed E-state index contributed by atoms with van der Waals surface area (Å²) in [5.41, 5.74) is 20.6. The maximum Gasteiger partial charge on any atom is -0.0000699 e. The summed E-state index contributed by atoms with van der Waals surface area (Å²) in [6, 6.07) is 65.0. The highest BCUT2D eigenvalue weighted by Gasteiger charge is 2.35. The third-order valence-corrected chi connectivity index (χ3v) is 22.0. The van der Waals surface area contributed by atoms with Crippen LogP contribution in [0.5, 0.6) is 0 Å². The standard InChI is InChI=1S/C94H98/c1-87(2,3)55-39-51(40-56(47-55)88(4,5)6)73-67-33-27-31-65-66-32-28-34-68-74(52-41-57(89(7,8)9)48-58(42-52)90(10,11)12)70-36-38-72-80-76(54-45-61(93(19,20)21)50-62(46-54)94(22,23)24)64-30-26-25-29-63(64)75(53-43-59(91(13,14)15)49-60(44-53)92(16,17)18)79(80)71-37-35-69(73)83-81(71)82(72)84(70)86(78(66)68)85(83)77(65)67/h25-50H,1-24H3. The lowest BCUT2D eigenvalue weighted by atomic mass is 9.72. The smallest absolute Gasteiger partial charge is 0.0000699 e. The zero-order valence-corrected chi connectivity index (χ0v) is 61.0. The van der Waals surface area contributed by atoms with Crippen LogP contribution < -0.4 is 0 Å². The molecule has 0 radical (unpaired) electrons. The van der Waals surface area contributed by atoms with Crippen molar-refractivity contribution in [2.75, 3.05) is 0 Å². The summed E-state index contributed by atoms with van der Waals surface area (Å²) in [5, 5.41) is 26.9. The minimum atomic E-state index is -0.103. The van der Waals surface area contributed by atoms with Crippen molar-refractivity contribution in [2.45, 2.75) is 209 Å². The topological polar surface area (TPSA) is 0 Å². The SMILES string of the molecule is CC(C)(C)c1cc(-c2c3cccc4c5cccc6c(-c7cc(C(C)(C)C)cc(C(C)(C)C)c7)c7ccc8c9c(-c%10cc(C(C)(C)C)cc(C(C)(C)C)c%10)c%10ccccc%10c(-c%10cc(C(C)(C)C)cc(C(C)(C)C)c%10)c9c9ccc2c2c9c8c7c(c65)c2c34)cc(C(C)(C)C)c1. The molecule has 0 saturated carbocycles. The fraction of sp³-hybridized carbons (Fsp3) is 0.340. The van der Waals surface area contributed by atoms with E-state index in [1.165, 1.54) is 197 Å². The van der Waals surface area contributed by atoms with Crippen LogP contribution in [-0.4, -0.2) is 0 Å². The van der Waals surface area contributed by atoms with E-state index in [2.05, 4.69) is 324 Å². The third-order valence-electron chi connectivity index (χ3n) is 22.0. The molecule has 474 valence electrons. The Labute approximate surface area is 560 Å². The van der Waals surface area contributed by atoms with Gasteiger partial charge in [0.25, 0.3) is 0 Å². The van der Waals surface area contributed by atoms with Gasteiger partial charge in [-0.05, 0) is 240 Å². The van der Waals surface area contributed by atoms with E-state index < -0.39 is 0 Å². The van der Waals surface area contributed by atoms with Gasteiger partial charge in [0, 0.05) is 0 Å². The lowest BCUT2D eigenvalue weighted by molar-refractivity contribution is 0.568. The molecule has 0 atom stereocenters. The van der Waals surface area contributed by atoms with Crippen LogP contribution in [0, 0.1) is 0 Å². The molecular formula is C94H98. The Morgan fingerprint density at radius 2 is 0.351 bits per heavy atom. The van der Waals surface area contributed by atoms with E-state index in [0.29, 0.717) is 0 Å². The van der Waals surface area contributed by atoms with E-state index in [0.717, 1.165) is 0 Å². The maximum atomic E-state index is 2.61. The average molecular weight is 1230 g/mol. The highest BCUT2D eigenvalue weighted by molar-refractivity contribution is 6.56. The van der Waals surface area contributed by atoms with E-state index in [9.17, 15) is 0 Å². The van der Waals surface area contributed by atoms with Crippen LogP contribution in [0.2, 0.25) is 0 Å². The predicted molar refractivity (Wildman–Crippen MR) is 418 cm³/mol. The van der Waals surface area contributed by atoms with Crippen LogP contribution in [0.1, 0.15) is 211 Å². The second-order valence-electron chi connectivity index (χ2n) is 37.0. The second-order valence-corrected chi connectivity index (χ2v) is 37.0. The molecule has 0 aliphatic rings. The van der Waals surface area contributed by atoms with Gasteiger partial charge in [0.1, 0.15) is 0 Å². The van der Waals surface area contributed by atoms with Crippen molar-refractivity contribution in [3.05, 3.63) is 202 Å². The summed E-state index contributed by atoms with van der Waals surface area (Å²) >= 11 is 0. The van der Waals surface area contributed by atoms with E-state index in [1.54, 1.807) is 0 Å². The molecule has 0 heteroatoms. The molecule has 0 saturated heterocycles. The molecule has 0 bridgehead atoms. The maximum absolute atomic E-state index is 2.61. The quantitative estimate of drug-likeness (QED) is 0.122. The van der Waals surface area contributed by atoms with Crippen LogP contribution in [0.25, 0.3) is 152 Å². The molecule has 0 aromatic heterocycles. The fourth-order valence-corrected chi connectivity index (χ4v) is 16.4. The minimum absolute atomic E-state index is 0.0771. The Hall–Kier alpha value is -8.06. The first kappa shape index (κ1) is 62.1. The van der Waals surface area contributed by atoms with Crippen molar-refractivity contribution in [1.82, 2.24) is 0 Å². The number of hydrogen-bond donors (Lipinski definition) is 0. The Bertz CT molecular complexity index is 5150. The largest absolute Gasteiger partial charge is 0.0616 e. The fourth-order valence-electron chi connectivity index (χ4n) is 16.4. The van der Waals surface area contributed by atoms with E-state index in [-0.39, 0.29) is 43.3 Å². The minimum Gasteiger partial charge on any atom is -0.0616 e. The van der Waals surface area contributed by atoms with Crippen LogP contribution >= 0.6 is 0 Å². The van der Waals surface area contributed by atoms with Crippen molar-refractivity contribution < 1.29 is 0 Å². The van der Waals surface area contributed by atoms with Crippen molar-refractivity contribution >= 4 is 108 Å². The highest BCUT2D eigenvalue weighted by Crippen LogP contribution is 2.61. The van der Waals surface area contributed by atoms with Gasteiger partial charge in [-0.15, -0.1) is 0 Å². The molecule has 15 aromatic carbocycles. The molecular weight excluding hydrogens is 1130 g/mol. The van der Waals surface area contributed by atoms with Crippen LogP contribution in [0.3, 0.4) is 0 Å². The summed E-state index contributed by atoms with van der Waals surface area (Å²) in [6.45, 7) is 57.4. The molecule has 15 rings (SSSR count).